The zero-order valence-electron chi connectivity index (χ0n) is 27.0. The van der Waals surface area contributed by atoms with Gasteiger partial charge >= 0.3 is 0 Å². The number of rotatable bonds is 5. The smallest absolute Gasteiger partial charge is 0.138 e. The summed E-state index contributed by atoms with van der Waals surface area (Å²) in [5, 5.41) is 3.71. The van der Waals surface area contributed by atoms with Gasteiger partial charge in [0, 0.05) is 5.56 Å². The molecule has 0 aliphatic carbocycles. The first-order valence-corrected chi connectivity index (χ1v) is 16.1. The molecular weight excluding hydrogens is 548 g/mol. The normalized spacial score (nSPS) is 16.9. The molecule has 0 bridgehead atoms. The molecule has 2 atom stereocenters. The van der Waals surface area contributed by atoms with E-state index in [2.05, 4.69) is 154 Å². The molecular formula is C41H40N4. The Hall–Kier alpha value is -4.83. The average Bonchev–Trinajstić information content (AvgIpc) is 3.38. The summed E-state index contributed by atoms with van der Waals surface area (Å²) in [6, 6.07) is 36.4. The minimum absolute atomic E-state index is 0.139. The maximum Gasteiger partial charge on any atom is 0.138 e. The van der Waals surface area contributed by atoms with E-state index in [1.165, 1.54) is 61.4 Å². The van der Waals surface area contributed by atoms with E-state index >= 15 is 0 Å². The van der Waals surface area contributed by atoms with Gasteiger partial charge in [-0.1, -0.05) is 93.6 Å². The van der Waals surface area contributed by atoms with Crippen molar-refractivity contribution in [2.45, 2.75) is 65.6 Å². The van der Waals surface area contributed by atoms with Crippen molar-refractivity contribution in [1.82, 2.24) is 9.97 Å². The molecule has 0 amide bonds. The molecule has 0 spiro atoms. The Labute approximate surface area is 266 Å². The first-order valence-electron chi connectivity index (χ1n) is 16.1. The van der Waals surface area contributed by atoms with Crippen molar-refractivity contribution in [3.8, 4) is 22.5 Å². The summed E-state index contributed by atoms with van der Waals surface area (Å²) in [7, 11) is 0. The Morgan fingerprint density at radius 2 is 1.36 bits per heavy atom. The predicted molar refractivity (Wildman–Crippen MR) is 188 cm³/mol. The minimum Gasteiger partial charge on any atom is -0.362 e. The highest BCUT2D eigenvalue weighted by Crippen LogP contribution is 2.55. The second kappa shape index (κ2) is 10.1. The summed E-state index contributed by atoms with van der Waals surface area (Å²) in [4.78, 5) is 11.0. The maximum atomic E-state index is 4.97. The Bertz CT molecular complexity index is 2060. The van der Waals surface area contributed by atoms with E-state index in [9.17, 15) is 0 Å². The molecule has 224 valence electrons. The molecule has 45 heavy (non-hydrogen) atoms. The molecule has 4 heteroatoms. The lowest BCUT2D eigenvalue weighted by atomic mass is 9.87. The maximum absolute atomic E-state index is 4.97. The molecule has 1 saturated heterocycles. The number of aryl methyl sites for hydroxylation is 3. The van der Waals surface area contributed by atoms with E-state index in [4.69, 9.17) is 4.98 Å². The summed E-state index contributed by atoms with van der Waals surface area (Å²) < 4.78 is 0. The molecule has 2 aliphatic heterocycles. The fourth-order valence-electron chi connectivity index (χ4n) is 6.88. The largest absolute Gasteiger partial charge is 0.362 e. The van der Waals surface area contributed by atoms with Crippen LogP contribution < -0.4 is 10.2 Å². The topological polar surface area (TPSA) is 43.7 Å². The summed E-state index contributed by atoms with van der Waals surface area (Å²) in [6.45, 7) is 13.3. The first kappa shape index (κ1) is 27.7. The third-order valence-corrected chi connectivity index (χ3v) is 9.90. The van der Waals surface area contributed by atoms with Crippen LogP contribution >= 0.6 is 0 Å². The quantitative estimate of drug-likeness (QED) is 0.197. The summed E-state index contributed by atoms with van der Waals surface area (Å²) in [5.41, 5.74) is 17.7. The van der Waals surface area contributed by atoms with Crippen LogP contribution in [0.5, 0.6) is 0 Å². The standard InChI is InChI=1S/C41H40N4/c1-24-19-36-37(21-25(24)2)45-38(40(45)44-36)30-13-11-29(12-14-30)28-9-7-27(8-10-28)22-32-23-35-34(20-26(32)3)42-39(43-35)31-15-17-33(18-16-31)41(4,5)6/h7-21,23,38,40,44H,22H2,1-6H3,(H,42,43). The minimum atomic E-state index is 0.139. The number of nitrogens with zero attached hydrogens (tertiary/aromatic N) is 2. The molecule has 2 aliphatic rings. The predicted octanol–water partition coefficient (Wildman–Crippen LogP) is 10.0. The van der Waals surface area contributed by atoms with Gasteiger partial charge in [0.05, 0.1) is 28.5 Å². The number of imidazole rings is 1. The van der Waals surface area contributed by atoms with Gasteiger partial charge in [0.15, 0.2) is 0 Å². The van der Waals surface area contributed by atoms with E-state index in [0.29, 0.717) is 12.2 Å². The van der Waals surface area contributed by atoms with Gasteiger partial charge in [-0.15, -0.1) is 0 Å². The molecule has 0 radical (unpaired) electrons. The Balaban J connectivity index is 0.962. The SMILES string of the molecule is Cc1cc2c(cc1C)N1C(N2)C1c1ccc(-c2ccc(Cc3cc4nc(-c5ccc(C(C)(C)C)cc5)[nH]c4cc3C)cc2)cc1. The van der Waals surface area contributed by atoms with Crippen LogP contribution in [-0.4, -0.2) is 16.1 Å². The van der Waals surface area contributed by atoms with Crippen molar-refractivity contribution >= 4 is 22.4 Å². The number of aromatic amines is 1. The number of nitrogens with one attached hydrogen (secondary N) is 2. The number of fused-ring (bicyclic) bond motifs is 4. The average molecular weight is 589 g/mol. The lowest BCUT2D eigenvalue weighted by Crippen LogP contribution is -2.10. The van der Waals surface area contributed by atoms with E-state index < -0.39 is 0 Å². The number of hydrogen-bond donors (Lipinski definition) is 2. The molecule has 4 nitrogen and oxygen atoms in total. The number of anilines is 2. The highest BCUT2D eigenvalue weighted by atomic mass is 15.5. The van der Waals surface area contributed by atoms with E-state index in [1.54, 1.807) is 0 Å². The number of H-pyrrole nitrogens is 1. The summed E-state index contributed by atoms with van der Waals surface area (Å²) >= 11 is 0. The molecule has 1 aromatic heterocycles. The zero-order valence-corrected chi connectivity index (χ0v) is 27.0. The molecule has 2 N–H and O–H groups in total. The van der Waals surface area contributed by atoms with Gasteiger partial charge in [-0.05, 0) is 107 Å². The van der Waals surface area contributed by atoms with Crippen LogP contribution in [0.4, 0.5) is 11.4 Å². The second-order valence-electron chi connectivity index (χ2n) is 14.1. The van der Waals surface area contributed by atoms with Crippen LogP contribution in [-0.2, 0) is 11.8 Å². The molecule has 3 heterocycles. The lowest BCUT2D eigenvalue weighted by molar-refractivity contribution is 0.590. The first-order chi connectivity index (χ1) is 21.6. The van der Waals surface area contributed by atoms with Gasteiger partial charge in [-0.3, -0.25) is 0 Å². The lowest BCUT2D eigenvalue weighted by Gasteiger charge is -2.18. The van der Waals surface area contributed by atoms with E-state index in [1.807, 2.05) is 0 Å². The van der Waals surface area contributed by atoms with Gasteiger partial charge < -0.3 is 15.2 Å². The molecule has 6 aromatic rings. The third kappa shape index (κ3) is 4.89. The van der Waals surface area contributed by atoms with Crippen molar-refractivity contribution in [1.29, 1.82) is 0 Å². The monoisotopic (exact) mass is 588 g/mol. The van der Waals surface area contributed by atoms with E-state index in [0.717, 1.165) is 28.8 Å². The number of aromatic nitrogens is 2. The fraction of sp³-hybridized carbons (Fsp3) is 0.244. The Morgan fingerprint density at radius 3 is 2.04 bits per heavy atom. The molecule has 0 saturated carbocycles. The molecule has 1 fully saturated rings. The van der Waals surface area contributed by atoms with Crippen LogP contribution in [0.3, 0.4) is 0 Å². The van der Waals surface area contributed by atoms with Crippen molar-refractivity contribution in [3.63, 3.8) is 0 Å². The third-order valence-electron chi connectivity index (χ3n) is 9.90. The highest BCUT2D eigenvalue weighted by Gasteiger charge is 2.53. The van der Waals surface area contributed by atoms with Crippen LogP contribution in [0, 0.1) is 20.8 Å². The van der Waals surface area contributed by atoms with E-state index in [-0.39, 0.29) is 5.41 Å². The van der Waals surface area contributed by atoms with Crippen molar-refractivity contribution in [2.24, 2.45) is 0 Å². The molecule has 5 aromatic carbocycles. The van der Waals surface area contributed by atoms with Crippen LogP contribution in [0.25, 0.3) is 33.5 Å². The van der Waals surface area contributed by atoms with Gasteiger partial charge in [0.1, 0.15) is 12.0 Å². The van der Waals surface area contributed by atoms with Crippen LogP contribution in [0.2, 0.25) is 0 Å². The molecule has 2 unspecified atom stereocenters. The van der Waals surface area contributed by atoms with Gasteiger partial charge in [0.2, 0.25) is 0 Å². The van der Waals surface area contributed by atoms with Crippen molar-refractivity contribution < 1.29 is 0 Å². The van der Waals surface area contributed by atoms with Crippen molar-refractivity contribution in [3.05, 3.63) is 136 Å². The highest BCUT2D eigenvalue weighted by molar-refractivity contribution is 5.84. The van der Waals surface area contributed by atoms with Gasteiger partial charge in [-0.2, -0.15) is 0 Å². The number of benzene rings is 5. The van der Waals surface area contributed by atoms with Crippen LogP contribution in [0.15, 0.2) is 97.1 Å². The molecule has 8 rings (SSSR count). The summed E-state index contributed by atoms with van der Waals surface area (Å²) in [5.74, 6) is 0.922. The zero-order chi connectivity index (χ0) is 31.0. The Kier molecular flexibility index (Phi) is 6.22. The van der Waals surface area contributed by atoms with Gasteiger partial charge in [-0.25, -0.2) is 4.98 Å². The summed E-state index contributed by atoms with van der Waals surface area (Å²) in [6.07, 6.45) is 1.26. The Morgan fingerprint density at radius 1 is 0.711 bits per heavy atom. The number of hydrogen-bond acceptors (Lipinski definition) is 3. The van der Waals surface area contributed by atoms with Gasteiger partial charge in [0.25, 0.3) is 0 Å². The fourth-order valence-corrected chi connectivity index (χ4v) is 6.88. The second-order valence-corrected chi connectivity index (χ2v) is 14.1. The van der Waals surface area contributed by atoms with Crippen molar-refractivity contribution in [2.75, 3.05) is 10.2 Å². The van der Waals surface area contributed by atoms with Crippen LogP contribution in [0.1, 0.15) is 65.8 Å².